The third kappa shape index (κ3) is 4.61. The summed E-state index contributed by atoms with van der Waals surface area (Å²) in [6.45, 7) is 8.69. The van der Waals surface area contributed by atoms with Crippen LogP contribution in [0.25, 0.3) is 0 Å². The summed E-state index contributed by atoms with van der Waals surface area (Å²) in [4.78, 5) is 11.5. The number of hydrogen-bond donors (Lipinski definition) is 2. The molecule has 2 N–H and O–H groups in total. The van der Waals surface area contributed by atoms with Gasteiger partial charge in [-0.3, -0.25) is 4.79 Å². The fourth-order valence-corrected chi connectivity index (χ4v) is 1.36. The zero-order valence-corrected chi connectivity index (χ0v) is 9.68. The van der Waals surface area contributed by atoms with Crippen molar-refractivity contribution in [3.63, 3.8) is 0 Å². The van der Waals surface area contributed by atoms with E-state index in [1.807, 2.05) is 0 Å². The molecule has 1 fully saturated rings. The van der Waals surface area contributed by atoms with Crippen molar-refractivity contribution in [1.82, 2.24) is 10.6 Å². The van der Waals surface area contributed by atoms with Crippen molar-refractivity contribution in [3.05, 3.63) is 0 Å². The molecule has 1 rings (SSSR count). The van der Waals surface area contributed by atoms with E-state index in [-0.39, 0.29) is 11.4 Å². The zero-order chi connectivity index (χ0) is 10.8. The van der Waals surface area contributed by atoms with E-state index in [1.165, 1.54) is 12.8 Å². The van der Waals surface area contributed by atoms with E-state index in [4.69, 9.17) is 0 Å². The van der Waals surface area contributed by atoms with Crippen LogP contribution in [-0.4, -0.2) is 24.0 Å². The van der Waals surface area contributed by atoms with Gasteiger partial charge in [-0.2, -0.15) is 0 Å². The molecule has 1 unspecified atom stereocenters. The van der Waals surface area contributed by atoms with E-state index >= 15 is 0 Å². The first-order chi connectivity index (χ1) is 6.38. The molecule has 0 aromatic carbocycles. The van der Waals surface area contributed by atoms with Crippen LogP contribution in [0, 0.1) is 5.92 Å². The SMILES string of the molecule is CC(NC(=O)CNC(C)(C)C)C1CC1. The van der Waals surface area contributed by atoms with Crippen molar-refractivity contribution in [3.8, 4) is 0 Å². The number of amides is 1. The third-order valence-electron chi connectivity index (χ3n) is 2.50. The van der Waals surface area contributed by atoms with Crippen LogP contribution >= 0.6 is 0 Å². The molecule has 1 saturated carbocycles. The van der Waals surface area contributed by atoms with E-state index in [1.54, 1.807) is 0 Å². The molecular formula is C11H22N2O. The molecule has 1 amide bonds. The maximum atomic E-state index is 11.5. The normalized spacial score (nSPS) is 19.1. The summed E-state index contributed by atoms with van der Waals surface area (Å²) >= 11 is 0. The molecule has 0 saturated heterocycles. The lowest BCUT2D eigenvalue weighted by Gasteiger charge is -2.21. The molecular weight excluding hydrogens is 176 g/mol. The van der Waals surface area contributed by atoms with E-state index in [2.05, 4.69) is 38.3 Å². The minimum atomic E-state index is 0.0140. The van der Waals surface area contributed by atoms with Gasteiger partial charge in [-0.1, -0.05) is 0 Å². The maximum Gasteiger partial charge on any atom is 0.234 e. The Morgan fingerprint density at radius 1 is 1.43 bits per heavy atom. The fraction of sp³-hybridized carbons (Fsp3) is 0.909. The molecule has 14 heavy (non-hydrogen) atoms. The second-order valence-corrected chi connectivity index (χ2v) is 5.30. The van der Waals surface area contributed by atoms with Gasteiger partial charge in [-0.25, -0.2) is 0 Å². The highest BCUT2D eigenvalue weighted by Crippen LogP contribution is 2.32. The first-order valence-corrected chi connectivity index (χ1v) is 5.43. The van der Waals surface area contributed by atoms with Crippen LogP contribution in [-0.2, 0) is 4.79 Å². The lowest BCUT2D eigenvalue weighted by molar-refractivity contribution is -0.121. The molecule has 3 heteroatoms. The highest BCUT2D eigenvalue weighted by atomic mass is 16.2. The predicted molar refractivity (Wildman–Crippen MR) is 58.1 cm³/mol. The van der Waals surface area contributed by atoms with Gasteiger partial charge in [0.05, 0.1) is 6.54 Å². The molecule has 1 aliphatic rings. The average molecular weight is 198 g/mol. The van der Waals surface area contributed by atoms with Crippen molar-refractivity contribution >= 4 is 5.91 Å². The number of carbonyl (C=O) groups excluding carboxylic acids is 1. The maximum absolute atomic E-state index is 11.5. The molecule has 0 bridgehead atoms. The predicted octanol–water partition coefficient (Wildman–Crippen LogP) is 1.29. The smallest absolute Gasteiger partial charge is 0.234 e. The molecule has 0 spiro atoms. The molecule has 3 nitrogen and oxygen atoms in total. The van der Waals surface area contributed by atoms with Crippen molar-refractivity contribution in [2.45, 2.75) is 52.1 Å². The Labute approximate surface area is 86.6 Å². The standard InChI is InChI=1S/C11H22N2O/c1-8(9-5-6-9)13-10(14)7-12-11(2,3)4/h8-9,12H,5-7H2,1-4H3,(H,13,14). The van der Waals surface area contributed by atoms with Gasteiger partial charge >= 0.3 is 0 Å². The number of nitrogens with one attached hydrogen (secondary N) is 2. The minimum Gasteiger partial charge on any atom is -0.352 e. The van der Waals surface area contributed by atoms with Crippen LogP contribution in [0.5, 0.6) is 0 Å². The monoisotopic (exact) mass is 198 g/mol. The first-order valence-electron chi connectivity index (χ1n) is 5.43. The van der Waals surface area contributed by atoms with Gasteiger partial charge in [0.25, 0.3) is 0 Å². The fourth-order valence-electron chi connectivity index (χ4n) is 1.36. The molecule has 0 aliphatic heterocycles. The van der Waals surface area contributed by atoms with E-state index < -0.39 is 0 Å². The molecule has 1 aliphatic carbocycles. The van der Waals surface area contributed by atoms with Gasteiger partial charge in [-0.15, -0.1) is 0 Å². The molecule has 0 radical (unpaired) electrons. The lowest BCUT2D eigenvalue weighted by Crippen LogP contribution is -2.45. The Hall–Kier alpha value is -0.570. The quantitative estimate of drug-likeness (QED) is 0.714. The topological polar surface area (TPSA) is 41.1 Å². The van der Waals surface area contributed by atoms with Gasteiger partial charge < -0.3 is 10.6 Å². The zero-order valence-electron chi connectivity index (χ0n) is 9.68. The molecule has 0 aromatic rings. The second kappa shape index (κ2) is 4.30. The van der Waals surface area contributed by atoms with Crippen molar-refractivity contribution in [2.75, 3.05) is 6.54 Å². The Bertz CT molecular complexity index is 204. The van der Waals surface area contributed by atoms with E-state index in [0.717, 1.165) is 5.92 Å². The van der Waals surface area contributed by atoms with Gasteiger partial charge in [0.1, 0.15) is 0 Å². The summed E-state index contributed by atoms with van der Waals surface area (Å²) in [5.41, 5.74) is 0.0140. The van der Waals surface area contributed by atoms with Gasteiger partial charge in [0.2, 0.25) is 5.91 Å². The van der Waals surface area contributed by atoms with Crippen LogP contribution in [0.1, 0.15) is 40.5 Å². The molecule has 82 valence electrons. The summed E-state index contributed by atoms with van der Waals surface area (Å²) in [5.74, 6) is 0.841. The second-order valence-electron chi connectivity index (χ2n) is 5.30. The highest BCUT2D eigenvalue weighted by Gasteiger charge is 2.28. The highest BCUT2D eigenvalue weighted by molar-refractivity contribution is 5.78. The van der Waals surface area contributed by atoms with Crippen LogP contribution < -0.4 is 10.6 Å². The number of carbonyl (C=O) groups is 1. The summed E-state index contributed by atoms with van der Waals surface area (Å²) in [7, 11) is 0. The van der Waals surface area contributed by atoms with E-state index in [0.29, 0.717) is 12.6 Å². The Kier molecular flexibility index (Phi) is 3.53. The minimum absolute atomic E-state index is 0.0140. The largest absolute Gasteiger partial charge is 0.352 e. The summed E-state index contributed by atoms with van der Waals surface area (Å²) < 4.78 is 0. The molecule has 0 aromatic heterocycles. The average Bonchev–Trinajstić information content (AvgIpc) is 2.81. The molecule has 0 heterocycles. The van der Waals surface area contributed by atoms with E-state index in [9.17, 15) is 4.79 Å². The van der Waals surface area contributed by atoms with Gasteiger partial charge in [0, 0.05) is 11.6 Å². The van der Waals surface area contributed by atoms with Gasteiger partial charge in [0.15, 0.2) is 0 Å². The summed E-state index contributed by atoms with van der Waals surface area (Å²) in [5, 5.41) is 6.19. The first kappa shape index (κ1) is 11.5. The Balaban J connectivity index is 2.15. The van der Waals surface area contributed by atoms with Crippen molar-refractivity contribution in [1.29, 1.82) is 0 Å². The third-order valence-corrected chi connectivity index (χ3v) is 2.50. The van der Waals surface area contributed by atoms with Crippen LogP contribution in [0.3, 0.4) is 0 Å². The van der Waals surface area contributed by atoms with Crippen molar-refractivity contribution < 1.29 is 4.79 Å². The van der Waals surface area contributed by atoms with Gasteiger partial charge in [-0.05, 0) is 46.5 Å². The Morgan fingerprint density at radius 3 is 2.43 bits per heavy atom. The Morgan fingerprint density at radius 2 is 2.00 bits per heavy atom. The molecule has 1 atom stereocenters. The van der Waals surface area contributed by atoms with Crippen molar-refractivity contribution in [2.24, 2.45) is 5.92 Å². The number of rotatable bonds is 4. The van der Waals surface area contributed by atoms with Crippen LogP contribution in [0.15, 0.2) is 0 Å². The van der Waals surface area contributed by atoms with Crippen LogP contribution in [0.4, 0.5) is 0 Å². The van der Waals surface area contributed by atoms with Crippen LogP contribution in [0.2, 0.25) is 0 Å². The summed E-state index contributed by atoms with van der Waals surface area (Å²) in [6, 6.07) is 0.351. The summed E-state index contributed by atoms with van der Waals surface area (Å²) in [6.07, 6.45) is 2.54. The number of hydrogen-bond acceptors (Lipinski definition) is 2. The lowest BCUT2D eigenvalue weighted by atomic mass is 10.1.